The predicted molar refractivity (Wildman–Crippen MR) is 64.2 cm³/mol. The molecule has 5 heteroatoms. The van der Waals surface area contributed by atoms with E-state index >= 15 is 0 Å². The standard InChI is InChI=1S/C13H14FN3O/c14-10-4-2-9(3-5-10)12-16-11(18-17-12)8-13(15)6-1-7-13/h2-5H,1,6-8,15H2. The quantitative estimate of drug-likeness (QED) is 0.903. The van der Waals surface area contributed by atoms with Gasteiger partial charge in [0.15, 0.2) is 0 Å². The smallest absolute Gasteiger partial charge is 0.228 e. The zero-order valence-corrected chi connectivity index (χ0v) is 9.90. The van der Waals surface area contributed by atoms with Gasteiger partial charge in [-0.15, -0.1) is 0 Å². The molecular weight excluding hydrogens is 233 g/mol. The lowest BCUT2D eigenvalue weighted by molar-refractivity contribution is 0.222. The number of nitrogens with zero attached hydrogens (tertiary/aromatic N) is 2. The predicted octanol–water partition coefficient (Wildman–Crippen LogP) is 2.30. The Balaban J connectivity index is 1.78. The second kappa shape index (κ2) is 4.17. The summed E-state index contributed by atoms with van der Waals surface area (Å²) in [6.07, 6.45) is 3.78. The molecule has 94 valence electrons. The molecule has 0 spiro atoms. The molecule has 1 aromatic carbocycles. The summed E-state index contributed by atoms with van der Waals surface area (Å²) in [5.74, 6) is 0.752. The molecule has 0 unspecified atom stereocenters. The van der Waals surface area contributed by atoms with Crippen LogP contribution in [0.5, 0.6) is 0 Å². The second-order valence-electron chi connectivity index (χ2n) is 4.91. The van der Waals surface area contributed by atoms with Gasteiger partial charge >= 0.3 is 0 Å². The highest BCUT2D eigenvalue weighted by Crippen LogP contribution is 2.32. The average Bonchev–Trinajstić information content (AvgIpc) is 2.76. The van der Waals surface area contributed by atoms with E-state index in [0.717, 1.165) is 24.8 Å². The molecule has 1 aliphatic rings. The number of nitrogens with two attached hydrogens (primary N) is 1. The lowest BCUT2D eigenvalue weighted by atomic mass is 9.75. The maximum Gasteiger partial charge on any atom is 0.228 e. The van der Waals surface area contributed by atoms with Gasteiger partial charge in [0.1, 0.15) is 5.82 Å². The minimum absolute atomic E-state index is 0.174. The van der Waals surface area contributed by atoms with Crippen LogP contribution < -0.4 is 5.73 Å². The fourth-order valence-corrected chi connectivity index (χ4v) is 2.15. The molecular formula is C13H14FN3O. The van der Waals surface area contributed by atoms with Crippen molar-refractivity contribution in [3.8, 4) is 11.4 Å². The van der Waals surface area contributed by atoms with Crippen molar-refractivity contribution in [1.82, 2.24) is 10.1 Å². The molecule has 1 fully saturated rings. The first-order valence-corrected chi connectivity index (χ1v) is 6.02. The summed E-state index contributed by atoms with van der Waals surface area (Å²) in [5, 5.41) is 3.89. The molecule has 0 aliphatic heterocycles. The van der Waals surface area contributed by atoms with Gasteiger partial charge in [-0.3, -0.25) is 0 Å². The molecule has 18 heavy (non-hydrogen) atoms. The molecule has 1 saturated carbocycles. The number of halogens is 1. The lowest BCUT2D eigenvalue weighted by Gasteiger charge is -2.36. The summed E-state index contributed by atoms with van der Waals surface area (Å²) in [4.78, 5) is 4.30. The number of hydrogen-bond donors (Lipinski definition) is 1. The fraction of sp³-hybridized carbons (Fsp3) is 0.385. The molecule has 1 aromatic heterocycles. The topological polar surface area (TPSA) is 64.9 Å². The first-order chi connectivity index (χ1) is 8.65. The van der Waals surface area contributed by atoms with Gasteiger partial charge in [-0.25, -0.2) is 4.39 Å². The summed E-state index contributed by atoms with van der Waals surface area (Å²) >= 11 is 0. The summed E-state index contributed by atoms with van der Waals surface area (Å²) in [6.45, 7) is 0. The van der Waals surface area contributed by atoms with Crippen molar-refractivity contribution in [2.45, 2.75) is 31.2 Å². The Bertz CT molecular complexity index is 546. The van der Waals surface area contributed by atoms with Gasteiger partial charge in [0, 0.05) is 17.5 Å². The highest BCUT2D eigenvalue weighted by molar-refractivity contribution is 5.53. The lowest BCUT2D eigenvalue weighted by Crippen LogP contribution is -2.48. The van der Waals surface area contributed by atoms with Crippen molar-refractivity contribution >= 4 is 0 Å². The third kappa shape index (κ3) is 2.13. The Hall–Kier alpha value is -1.75. The van der Waals surface area contributed by atoms with Gasteiger partial charge in [-0.05, 0) is 43.5 Å². The average molecular weight is 247 g/mol. The number of hydrogen-bond acceptors (Lipinski definition) is 4. The first-order valence-electron chi connectivity index (χ1n) is 6.02. The highest BCUT2D eigenvalue weighted by Gasteiger charge is 2.34. The molecule has 0 amide bonds. The first kappa shape index (κ1) is 11.3. The van der Waals surface area contributed by atoms with Gasteiger partial charge in [0.2, 0.25) is 11.7 Å². The molecule has 1 aliphatic carbocycles. The molecule has 0 radical (unpaired) electrons. The van der Waals surface area contributed by atoms with Gasteiger partial charge in [0.25, 0.3) is 0 Å². The van der Waals surface area contributed by atoms with Crippen LogP contribution in [0.4, 0.5) is 4.39 Å². The number of rotatable bonds is 3. The molecule has 0 atom stereocenters. The van der Waals surface area contributed by atoms with E-state index in [0.29, 0.717) is 18.1 Å². The van der Waals surface area contributed by atoms with Crippen LogP contribution in [-0.2, 0) is 6.42 Å². The van der Waals surface area contributed by atoms with E-state index in [-0.39, 0.29) is 11.4 Å². The molecule has 1 heterocycles. The maximum absolute atomic E-state index is 12.8. The van der Waals surface area contributed by atoms with Gasteiger partial charge in [-0.2, -0.15) is 4.98 Å². The third-order valence-corrected chi connectivity index (χ3v) is 3.42. The SMILES string of the molecule is NC1(Cc2nc(-c3ccc(F)cc3)no2)CCC1. The van der Waals surface area contributed by atoms with Crippen molar-refractivity contribution in [3.05, 3.63) is 36.0 Å². The molecule has 2 aromatic rings. The van der Waals surface area contributed by atoms with E-state index in [2.05, 4.69) is 10.1 Å². The summed E-state index contributed by atoms with van der Waals surface area (Å²) in [7, 11) is 0. The van der Waals surface area contributed by atoms with Gasteiger partial charge in [-0.1, -0.05) is 5.16 Å². The van der Waals surface area contributed by atoms with Crippen LogP contribution in [-0.4, -0.2) is 15.7 Å². The second-order valence-corrected chi connectivity index (χ2v) is 4.91. The van der Waals surface area contributed by atoms with Crippen LogP contribution in [0.15, 0.2) is 28.8 Å². The maximum atomic E-state index is 12.8. The molecule has 0 bridgehead atoms. The van der Waals surface area contributed by atoms with Crippen molar-refractivity contribution in [1.29, 1.82) is 0 Å². The zero-order valence-electron chi connectivity index (χ0n) is 9.90. The zero-order chi connectivity index (χ0) is 12.6. The van der Waals surface area contributed by atoms with Gasteiger partial charge < -0.3 is 10.3 Å². The summed E-state index contributed by atoms with van der Waals surface area (Å²) in [5.41, 5.74) is 6.69. The Morgan fingerprint density at radius 1 is 1.28 bits per heavy atom. The molecule has 4 nitrogen and oxygen atoms in total. The molecule has 2 N–H and O–H groups in total. The van der Waals surface area contributed by atoms with Crippen molar-refractivity contribution in [3.63, 3.8) is 0 Å². The van der Waals surface area contributed by atoms with Gasteiger partial charge in [0.05, 0.1) is 0 Å². The normalized spacial score (nSPS) is 17.4. The van der Waals surface area contributed by atoms with Crippen LogP contribution in [0.1, 0.15) is 25.2 Å². The summed E-state index contributed by atoms with van der Waals surface area (Å²) < 4.78 is 18.0. The number of aromatic nitrogens is 2. The highest BCUT2D eigenvalue weighted by atomic mass is 19.1. The van der Waals surface area contributed by atoms with E-state index in [1.54, 1.807) is 12.1 Å². The van der Waals surface area contributed by atoms with E-state index < -0.39 is 0 Å². The van der Waals surface area contributed by atoms with Crippen LogP contribution in [0.2, 0.25) is 0 Å². The van der Waals surface area contributed by atoms with Crippen LogP contribution in [0.3, 0.4) is 0 Å². The Morgan fingerprint density at radius 3 is 2.61 bits per heavy atom. The minimum Gasteiger partial charge on any atom is -0.339 e. The monoisotopic (exact) mass is 247 g/mol. The molecule has 0 saturated heterocycles. The van der Waals surface area contributed by atoms with Crippen LogP contribution in [0.25, 0.3) is 11.4 Å². The Labute approximate surface area is 104 Å². The minimum atomic E-state index is -0.280. The Morgan fingerprint density at radius 2 is 2.00 bits per heavy atom. The van der Waals surface area contributed by atoms with E-state index in [4.69, 9.17) is 10.3 Å². The van der Waals surface area contributed by atoms with Crippen LogP contribution >= 0.6 is 0 Å². The van der Waals surface area contributed by atoms with E-state index in [1.165, 1.54) is 12.1 Å². The largest absolute Gasteiger partial charge is 0.339 e. The number of benzene rings is 1. The van der Waals surface area contributed by atoms with E-state index in [9.17, 15) is 4.39 Å². The van der Waals surface area contributed by atoms with Crippen LogP contribution in [0, 0.1) is 5.82 Å². The molecule has 3 rings (SSSR count). The third-order valence-electron chi connectivity index (χ3n) is 3.42. The van der Waals surface area contributed by atoms with E-state index in [1.807, 2.05) is 0 Å². The van der Waals surface area contributed by atoms with Crippen molar-refractivity contribution < 1.29 is 8.91 Å². The van der Waals surface area contributed by atoms with Crippen molar-refractivity contribution in [2.24, 2.45) is 5.73 Å². The van der Waals surface area contributed by atoms with Crippen molar-refractivity contribution in [2.75, 3.05) is 0 Å². The fourth-order valence-electron chi connectivity index (χ4n) is 2.15. The summed E-state index contributed by atoms with van der Waals surface area (Å²) in [6, 6.07) is 6.01. The Kier molecular flexibility index (Phi) is 2.63.